The standard InChI is InChI=1S/C51H30N2/c52-31-32-29-34-23-24-45-44(27-28-46-51(45)48(34)47(30-32)53(46)35-15-5-2-6-16-35)50-41-21-11-9-19-39(41)49(40-20-10-12-22-42(40)50)43-26-25-36(33-13-3-1-4-14-33)37-17-7-8-18-38(37)43/h1-30H. The second-order valence-electron chi connectivity index (χ2n) is 13.9. The summed E-state index contributed by atoms with van der Waals surface area (Å²) in [5.74, 6) is 0. The van der Waals surface area contributed by atoms with E-state index < -0.39 is 0 Å². The Morgan fingerprint density at radius 3 is 1.51 bits per heavy atom. The molecule has 0 unspecified atom stereocenters. The summed E-state index contributed by atoms with van der Waals surface area (Å²) in [6, 6.07) is 68.0. The summed E-state index contributed by atoms with van der Waals surface area (Å²) in [4.78, 5) is 0. The van der Waals surface area contributed by atoms with Gasteiger partial charge in [0, 0.05) is 16.5 Å². The zero-order valence-corrected chi connectivity index (χ0v) is 28.7. The van der Waals surface area contributed by atoms with Crippen LogP contribution >= 0.6 is 0 Å². The molecule has 0 aliphatic heterocycles. The minimum Gasteiger partial charge on any atom is -0.309 e. The summed E-state index contributed by atoms with van der Waals surface area (Å²) in [5, 5.41) is 22.1. The molecule has 0 aliphatic rings. The molecule has 1 aromatic heterocycles. The third kappa shape index (κ3) is 4.26. The van der Waals surface area contributed by atoms with E-state index in [1.165, 1.54) is 81.9 Å². The number of nitrogens with zero attached hydrogens (tertiary/aromatic N) is 2. The highest BCUT2D eigenvalue weighted by Gasteiger charge is 2.23. The van der Waals surface area contributed by atoms with Crippen LogP contribution in [-0.2, 0) is 0 Å². The first kappa shape index (κ1) is 29.5. The van der Waals surface area contributed by atoms with Crippen molar-refractivity contribution in [2.75, 3.05) is 0 Å². The van der Waals surface area contributed by atoms with Crippen LogP contribution in [0.4, 0.5) is 0 Å². The Bertz CT molecular complexity index is 3220. The Hall–Kier alpha value is -7.21. The molecule has 0 aliphatic carbocycles. The summed E-state index contributed by atoms with van der Waals surface area (Å²) in [6.07, 6.45) is 0. The van der Waals surface area contributed by atoms with E-state index in [2.05, 4.69) is 174 Å². The van der Waals surface area contributed by atoms with Crippen molar-refractivity contribution >= 4 is 64.9 Å². The van der Waals surface area contributed by atoms with Crippen molar-refractivity contribution in [3.05, 3.63) is 188 Å². The summed E-state index contributed by atoms with van der Waals surface area (Å²) in [6.45, 7) is 0. The van der Waals surface area contributed by atoms with Gasteiger partial charge in [0.1, 0.15) is 0 Å². The fourth-order valence-electron chi connectivity index (χ4n) is 9.00. The zero-order valence-electron chi connectivity index (χ0n) is 28.7. The van der Waals surface area contributed by atoms with E-state index in [1.807, 2.05) is 18.2 Å². The molecule has 11 rings (SSSR count). The Morgan fingerprint density at radius 1 is 0.377 bits per heavy atom. The highest BCUT2D eigenvalue weighted by molar-refractivity contribution is 6.31. The molecule has 0 fully saturated rings. The summed E-state index contributed by atoms with van der Waals surface area (Å²) >= 11 is 0. The first-order chi connectivity index (χ1) is 26.3. The fraction of sp³-hybridized carbons (Fsp3) is 0. The molecule has 1 heterocycles. The fourth-order valence-corrected chi connectivity index (χ4v) is 9.00. The zero-order chi connectivity index (χ0) is 35.0. The third-order valence-electron chi connectivity index (χ3n) is 11.2. The SMILES string of the molecule is N#Cc1cc2ccc3c(-c4c5ccccc5c(-c5ccc(-c6ccccc6)c6ccccc56)c5ccccc45)ccc4c3c2c(c1)n4-c1ccccc1. The summed E-state index contributed by atoms with van der Waals surface area (Å²) in [7, 11) is 0. The molecule has 0 N–H and O–H groups in total. The van der Waals surface area contributed by atoms with Crippen molar-refractivity contribution < 1.29 is 0 Å². The molecular weight excluding hydrogens is 641 g/mol. The van der Waals surface area contributed by atoms with Crippen molar-refractivity contribution in [1.82, 2.24) is 4.57 Å². The minimum absolute atomic E-state index is 0.665. The van der Waals surface area contributed by atoms with E-state index >= 15 is 0 Å². The van der Waals surface area contributed by atoms with Gasteiger partial charge in [-0.1, -0.05) is 152 Å². The van der Waals surface area contributed by atoms with Gasteiger partial charge in [0.2, 0.25) is 0 Å². The second-order valence-corrected chi connectivity index (χ2v) is 13.9. The van der Waals surface area contributed by atoms with Crippen LogP contribution in [0.5, 0.6) is 0 Å². The average Bonchev–Trinajstić information content (AvgIpc) is 3.57. The molecule has 10 aromatic carbocycles. The second kappa shape index (κ2) is 11.4. The molecule has 53 heavy (non-hydrogen) atoms. The molecule has 244 valence electrons. The van der Waals surface area contributed by atoms with Gasteiger partial charge in [0.05, 0.1) is 22.7 Å². The van der Waals surface area contributed by atoms with Crippen molar-refractivity contribution in [2.24, 2.45) is 0 Å². The van der Waals surface area contributed by atoms with Gasteiger partial charge in [-0.15, -0.1) is 0 Å². The van der Waals surface area contributed by atoms with Gasteiger partial charge in [-0.25, -0.2) is 0 Å². The number of para-hydroxylation sites is 1. The van der Waals surface area contributed by atoms with Crippen LogP contribution in [0.1, 0.15) is 5.56 Å². The van der Waals surface area contributed by atoms with Gasteiger partial charge in [0.25, 0.3) is 0 Å². The van der Waals surface area contributed by atoms with E-state index in [-0.39, 0.29) is 0 Å². The monoisotopic (exact) mass is 670 g/mol. The van der Waals surface area contributed by atoms with Crippen LogP contribution < -0.4 is 0 Å². The van der Waals surface area contributed by atoms with Gasteiger partial charge in [-0.3, -0.25) is 0 Å². The maximum Gasteiger partial charge on any atom is 0.0992 e. The molecule has 0 saturated heterocycles. The first-order valence-corrected chi connectivity index (χ1v) is 18.1. The Balaban J connectivity index is 1.24. The van der Waals surface area contributed by atoms with Crippen LogP contribution in [0.2, 0.25) is 0 Å². The number of rotatable bonds is 4. The average molecular weight is 671 g/mol. The molecule has 0 radical (unpaired) electrons. The van der Waals surface area contributed by atoms with Gasteiger partial charge in [-0.2, -0.15) is 5.26 Å². The maximum atomic E-state index is 10.0. The van der Waals surface area contributed by atoms with Gasteiger partial charge < -0.3 is 4.57 Å². The first-order valence-electron chi connectivity index (χ1n) is 18.1. The largest absolute Gasteiger partial charge is 0.309 e. The number of nitriles is 1. The quantitative estimate of drug-likeness (QED) is 0.135. The van der Waals surface area contributed by atoms with Crippen LogP contribution in [0.3, 0.4) is 0 Å². The molecule has 0 amide bonds. The predicted molar refractivity (Wildman–Crippen MR) is 223 cm³/mol. The van der Waals surface area contributed by atoms with Crippen molar-refractivity contribution in [1.29, 1.82) is 5.26 Å². The van der Waals surface area contributed by atoms with Gasteiger partial charge >= 0.3 is 0 Å². The van der Waals surface area contributed by atoms with Crippen LogP contribution in [-0.4, -0.2) is 4.57 Å². The lowest BCUT2D eigenvalue weighted by Crippen LogP contribution is -1.94. The molecule has 0 spiro atoms. The van der Waals surface area contributed by atoms with Crippen LogP contribution in [0, 0.1) is 11.3 Å². The Morgan fingerprint density at radius 2 is 0.887 bits per heavy atom. The molecule has 2 nitrogen and oxygen atoms in total. The Labute approximate surface area is 306 Å². The van der Waals surface area contributed by atoms with Crippen molar-refractivity contribution in [2.45, 2.75) is 0 Å². The van der Waals surface area contributed by atoms with E-state index in [4.69, 9.17) is 0 Å². The summed E-state index contributed by atoms with van der Waals surface area (Å²) < 4.78 is 2.32. The summed E-state index contributed by atoms with van der Waals surface area (Å²) in [5.41, 5.74) is 11.3. The molecule has 0 saturated carbocycles. The Kier molecular flexibility index (Phi) is 6.35. The van der Waals surface area contributed by atoms with Crippen LogP contribution in [0.25, 0.3) is 104 Å². The number of fused-ring (bicyclic) bond motifs is 3. The molecule has 0 bridgehead atoms. The highest BCUT2D eigenvalue weighted by Crippen LogP contribution is 2.49. The van der Waals surface area contributed by atoms with Crippen LogP contribution in [0.15, 0.2) is 182 Å². The topological polar surface area (TPSA) is 28.7 Å². The maximum absolute atomic E-state index is 10.0. The number of benzene rings is 10. The normalized spacial score (nSPS) is 11.8. The molecule has 0 atom stereocenters. The smallest absolute Gasteiger partial charge is 0.0992 e. The molecular formula is C51H30N2. The lowest BCUT2D eigenvalue weighted by Gasteiger charge is -2.20. The van der Waals surface area contributed by atoms with E-state index in [9.17, 15) is 5.26 Å². The molecule has 11 aromatic rings. The number of hydrogen-bond donors (Lipinski definition) is 0. The predicted octanol–water partition coefficient (Wildman–Crippen LogP) is 13.7. The van der Waals surface area contributed by atoms with E-state index in [1.54, 1.807) is 0 Å². The minimum atomic E-state index is 0.665. The van der Waals surface area contributed by atoms with Crippen molar-refractivity contribution in [3.63, 3.8) is 0 Å². The van der Waals surface area contributed by atoms with E-state index in [0.29, 0.717) is 5.56 Å². The number of hydrogen-bond acceptors (Lipinski definition) is 1. The highest BCUT2D eigenvalue weighted by atomic mass is 15.0. The van der Waals surface area contributed by atoms with Gasteiger partial charge in [-0.05, 0) is 107 Å². The lowest BCUT2D eigenvalue weighted by molar-refractivity contribution is 1.18. The van der Waals surface area contributed by atoms with E-state index in [0.717, 1.165) is 22.1 Å². The molecule has 2 heteroatoms. The third-order valence-corrected chi connectivity index (χ3v) is 11.2. The number of aromatic nitrogens is 1. The van der Waals surface area contributed by atoms with Gasteiger partial charge in [0.15, 0.2) is 0 Å². The lowest BCUT2D eigenvalue weighted by atomic mass is 9.82. The van der Waals surface area contributed by atoms with Crippen molar-refractivity contribution in [3.8, 4) is 45.1 Å².